The van der Waals surface area contributed by atoms with Gasteiger partial charge in [-0.15, -0.1) is 0 Å². The van der Waals surface area contributed by atoms with E-state index in [0.29, 0.717) is 18.7 Å². The van der Waals surface area contributed by atoms with E-state index >= 15 is 0 Å². The van der Waals surface area contributed by atoms with Crippen LogP contribution in [0.5, 0.6) is 0 Å². The molecule has 102 valence electrons. The van der Waals surface area contributed by atoms with Crippen molar-refractivity contribution in [3.8, 4) is 0 Å². The van der Waals surface area contributed by atoms with E-state index in [1.807, 2.05) is 4.57 Å². The standard InChI is InChI=1S/C15H21N3O/c1-11-6-7-14-13(10-11)17-15(16)18(14)8-9-19-12-4-2-3-5-12/h6-7,10,12H,2-5,8-9H2,1H3,(H2,16,17). The summed E-state index contributed by atoms with van der Waals surface area (Å²) in [5, 5.41) is 0. The highest BCUT2D eigenvalue weighted by Gasteiger charge is 2.15. The molecule has 19 heavy (non-hydrogen) atoms. The highest BCUT2D eigenvalue weighted by molar-refractivity contribution is 5.79. The van der Waals surface area contributed by atoms with Crippen LogP contribution in [0.25, 0.3) is 11.0 Å². The normalized spacial score (nSPS) is 16.5. The Morgan fingerprint density at radius 3 is 2.95 bits per heavy atom. The lowest BCUT2D eigenvalue weighted by Gasteiger charge is -2.12. The van der Waals surface area contributed by atoms with Crippen molar-refractivity contribution in [2.45, 2.75) is 45.3 Å². The largest absolute Gasteiger partial charge is 0.376 e. The Kier molecular flexibility index (Phi) is 3.42. The summed E-state index contributed by atoms with van der Waals surface area (Å²) in [4.78, 5) is 4.41. The van der Waals surface area contributed by atoms with Crippen molar-refractivity contribution >= 4 is 17.0 Å². The average molecular weight is 259 g/mol. The van der Waals surface area contributed by atoms with E-state index in [2.05, 4.69) is 30.1 Å². The van der Waals surface area contributed by atoms with Crippen molar-refractivity contribution in [1.82, 2.24) is 9.55 Å². The van der Waals surface area contributed by atoms with Gasteiger partial charge < -0.3 is 15.0 Å². The van der Waals surface area contributed by atoms with Gasteiger partial charge in [-0.25, -0.2) is 4.98 Å². The molecule has 0 aliphatic heterocycles. The molecule has 4 heteroatoms. The molecule has 3 rings (SSSR count). The van der Waals surface area contributed by atoms with Crippen molar-refractivity contribution in [2.24, 2.45) is 0 Å². The molecular formula is C15H21N3O. The lowest BCUT2D eigenvalue weighted by molar-refractivity contribution is 0.0537. The number of nitrogens with two attached hydrogens (primary N) is 1. The number of hydrogen-bond acceptors (Lipinski definition) is 3. The predicted molar refractivity (Wildman–Crippen MR) is 77.1 cm³/mol. The quantitative estimate of drug-likeness (QED) is 0.918. The van der Waals surface area contributed by atoms with Crippen molar-refractivity contribution in [1.29, 1.82) is 0 Å². The molecule has 0 amide bonds. The number of nitrogen functional groups attached to an aromatic ring is 1. The molecule has 0 unspecified atom stereocenters. The van der Waals surface area contributed by atoms with Crippen LogP contribution in [0.4, 0.5) is 5.95 Å². The first kappa shape index (κ1) is 12.5. The fourth-order valence-corrected chi connectivity index (χ4v) is 2.86. The van der Waals surface area contributed by atoms with Gasteiger partial charge in [-0.05, 0) is 37.5 Å². The number of imidazole rings is 1. The minimum atomic E-state index is 0.457. The van der Waals surface area contributed by atoms with E-state index in [1.54, 1.807) is 0 Å². The number of aryl methyl sites for hydroxylation is 1. The van der Waals surface area contributed by atoms with Gasteiger partial charge in [-0.2, -0.15) is 0 Å². The maximum atomic E-state index is 5.99. The summed E-state index contributed by atoms with van der Waals surface area (Å²) in [5.74, 6) is 0.579. The van der Waals surface area contributed by atoms with Crippen LogP contribution in [-0.4, -0.2) is 22.3 Å². The molecule has 1 heterocycles. The second kappa shape index (κ2) is 5.21. The van der Waals surface area contributed by atoms with Crippen LogP contribution in [0.2, 0.25) is 0 Å². The molecule has 2 N–H and O–H groups in total. The molecule has 0 saturated heterocycles. The molecule has 1 fully saturated rings. The smallest absolute Gasteiger partial charge is 0.201 e. The number of anilines is 1. The summed E-state index contributed by atoms with van der Waals surface area (Å²) in [6, 6.07) is 6.25. The van der Waals surface area contributed by atoms with E-state index in [1.165, 1.54) is 31.2 Å². The SMILES string of the molecule is Cc1ccc2c(c1)nc(N)n2CCOC1CCCC1. The van der Waals surface area contributed by atoms with Gasteiger partial charge >= 0.3 is 0 Å². The minimum absolute atomic E-state index is 0.457. The summed E-state index contributed by atoms with van der Waals surface area (Å²) in [6.07, 6.45) is 5.48. The van der Waals surface area contributed by atoms with E-state index in [-0.39, 0.29) is 0 Å². The molecule has 0 spiro atoms. The highest BCUT2D eigenvalue weighted by atomic mass is 16.5. The number of aromatic nitrogens is 2. The molecule has 0 radical (unpaired) electrons. The fourth-order valence-electron chi connectivity index (χ4n) is 2.86. The van der Waals surface area contributed by atoms with E-state index in [0.717, 1.165) is 17.6 Å². The van der Waals surface area contributed by atoms with Crippen molar-refractivity contribution in [2.75, 3.05) is 12.3 Å². The van der Waals surface area contributed by atoms with Gasteiger partial charge in [0.25, 0.3) is 0 Å². The number of rotatable bonds is 4. The van der Waals surface area contributed by atoms with Crippen LogP contribution in [0.15, 0.2) is 18.2 Å². The number of ether oxygens (including phenoxy) is 1. The van der Waals surface area contributed by atoms with Gasteiger partial charge in [0.15, 0.2) is 0 Å². The molecule has 2 aromatic rings. The summed E-state index contributed by atoms with van der Waals surface area (Å²) in [7, 11) is 0. The highest BCUT2D eigenvalue weighted by Crippen LogP contribution is 2.22. The predicted octanol–water partition coefficient (Wildman–Crippen LogP) is 2.89. The molecule has 1 aromatic carbocycles. The van der Waals surface area contributed by atoms with Gasteiger partial charge in [0.2, 0.25) is 5.95 Å². The van der Waals surface area contributed by atoms with Crippen LogP contribution in [0.3, 0.4) is 0 Å². The van der Waals surface area contributed by atoms with Crippen LogP contribution in [-0.2, 0) is 11.3 Å². The zero-order chi connectivity index (χ0) is 13.2. The van der Waals surface area contributed by atoms with Crippen LogP contribution in [0.1, 0.15) is 31.2 Å². The second-order valence-corrected chi connectivity index (χ2v) is 5.39. The lowest BCUT2D eigenvalue weighted by atomic mass is 10.2. The molecule has 0 bridgehead atoms. The first-order chi connectivity index (χ1) is 9.24. The summed E-state index contributed by atoms with van der Waals surface area (Å²) in [5.41, 5.74) is 9.27. The monoisotopic (exact) mass is 259 g/mol. The van der Waals surface area contributed by atoms with Gasteiger partial charge in [-0.1, -0.05) is 18.9 Å². The third kappa shape index (κ3) is 2.59. The first-order valence-electron chi connectivity index (χ1n) is 7.08. The molecule has 1 aliphatic carbocycles. The second-order valence-electron chi connectivity index (χ2n) is 5.39. The third-order valence-electron chi connectivity index (χ3n) is 3.90. The van der Waals surface area contributed by atoms with Gasteiger partial charge in [-0.3, -0.25) is 0 Å². The fraction of sp³-hybridized carbons (Fsp3) is 0.533. The average Bonchev–Trinajstić information content (AvgIpc) is 2.98. The summed E-state index contributed by atoms with van der Waals surface area (Å²) < 4.78 is 7.95. The van der Waals surface area contributed by atoms with Crippen LogP contribution < -0.4 is 5.73 Å². The lowest BCUT2D eigenvalue weighted by Crippen LogP contribution is -2.14. The van der Waals surface area contributed by atoms with Crippen LogP contribution in [0, 0.1) is 6.92 Å². The van der Waals surface area contributed by atoms with Gasteiger partial charge in [0, 0.05) is 6.54 Å². The van der Waals surface area contributed by atoms with Crippen molar-refractivity contribution < 1.29 is 4.74 Å². The van der Waals surface area contributed by atoms with Crippen molar-refractivity contribution in [3.63, 3.8) is 0 Å². The Morgan fingerprint density at radius 2 is 2.16 bits per heavy atom. The molecule has 4 nitrogen and oxygen atoms in total. The Hall–Kier alpha value is -1.55. The van der Waals surface area contributed by atoms with E-state index < -0.39 is 0 Å². The zero-order valence-corrected chi connectivity index (χ0v) is 11.4. The summed E-state index contributed by atoms with van der Waals surface area (Å²) >= 11 is 0. The topological polar surface area (TPSA) is 53.1 Å². The van der Waals surface area contributed by atoms with Crippen molar-refractivity contribution in [3.05, 3.63) is 23.8 Å². The van der Waals surface area contributed by atoms with E-state index in [4.69, 9.17) is 10.5 Å². The number of benzene rings is 1. The number of fused-ring (bicyclic) bond motifs is 1. The zero-order valence-electron chi connectivity index (χ0n) is 11.4. The Bertz CT molecular complexity index is 570. The Labute approximate surface area is 113 Å². The maximum absolute atomic E-state index is 5.99. The van der Waals surface area contributed by atoms with Gasteiger partial charge in [0.05, 0.1) is 23.7 Å². The Morgan fingerprint density at radius 1 is 1.37 bits per heavy atom. The summed E-state index contributed by atoms with van der Waals surface area (Å²) in [6.45, 7) is 3.56. The molecule has 0 atom stereocenters. The maximum Gasteiger partial charge on any atom is 0.201 e. The number of hydrogen-bond donors (Lipinski definition) is 1. The molecule has 1 aromatic heterocycles. The minimum Gasteiger partial charge on any atom is -0.376 e. The third-order valence-corrected chi connectivity index (χ3v) is 3.90. The first-order valence-corrected chi connectivity index (χ1v) is 7.08. The van der Waals surface area contributed by atoms with Crippen LogP contribution >= 0.6 is 0 Å². The Balaban J connectivity index is 1.71. The molecule has 1 saturated carbocycles. The number of nitrogens with zero attached hydrogens (tertiary/aromatic N) is 2. The van der Waals surface area contributed by atoms with E-state index in [9.17, 15) is 0 Å². The molecule has 1 aliphatic rings. The van der Waals surface area contributed by atoms with Gasteiger partial charge in [0.1, 0.15) is 0 Å². The molecular weight excluding hydrogens is 238 g/mol.